The van der Waals surface area contributed by atoms with Crippen LogP contribution in [0.25, 0.3) is 0 Å². The van der Waals surface area contributed by atoms with Crippen molar-refractivity contribution in [2.75, 3.05) is 26.8 Å². The number of methoxy groups -OCH3 is 1. The van der Waals surface area contributed by atoms with Crippen LogP contribution in [-0.4, -0.2) is 45.8 Å². The molecule has 1 aliphatic rings. The highest BCUT2D eigenvalue weighted by Crippen LogP contribution is 2.27. The van der Waals surface area contributed by atoms with Crippen molar-refractivity contribution < 1.29 is 4.74 Å². The first kappa shape index (κ1) is 16.9. The van der Waals surface area contributed by atoms with Crippen LogP contribution in [0.1, 0.15) is 30.0 Å². The summed E-state index contributed by atoms with van der Waals surface area (Å²) < 4.78 is 8.94. The van der Waals surface area contributed by atoms with Gasteiger partial charge in [-0.25, -0.2) is 4.98 Å². The van der Waals surface area contributed by atoms with Gasteiger partial charge >= 0.3 is 0 Å². The highest BCUT2D eigenvalue weighted by molar-refractivity contribution is 5.17. The summed E-state index contributed by atoms with van der Waals surface area (Å²) in [5.74, 6) is 0.494. The summed E-state index contributed by atoms with van der Waals surface area (Å²) in [6, 6.07) is 3.88. The van der Waals surface area contributed by atoms with Crippen molar-refractivity contribution >= 4 is 0 Å². The molecule has 0 spiro atoms. The minimum absolute atomic E-state index is 0.0805. The zero-order valence-corrected chi connectivity index (χ0v) is 14.5. The maximum atomic E-state index is 11.8. The summed E-state index contributed by atoms with van der Waals surface area (Å²) in [5, 5.41) is 0. The predicted molar refractivity (Wildman–Crippen MR) is 93.0 cm³/mol. The van der Waals surface area contributed by atoms with Gasteiger partial charge in [-0.15, -0.1) is 0 Å². The molecule has 6 nitrogen and oxygen atoms in total. The summed E-state index contributed by atoms with van der Waals surface area (Å²) in [7, 11) is 3.51. The lowest BCUT2D eigenvalue weighted by atomic mass is 9.90. The third-order valence-corrected chi connectivity index (χ3v) is 4.91. The van der Waals surface area contributed by atoms with Crippen LogP contribution in [0.15, 0.2) is 35.6 Å². The Hall–Kier alpha value is -1.92. The summed E-state index contributed by atoms with van der Waals surface area (Å²) in [4.78, 5) is 18.5. The van der Waals surface area contributed by atoms with E-state index in [1.54, 1.807) is 24.8 Å². The number of likely N-dealkylation sites (tertiary alicyclic amines) is 1. The SMILES string of the molecule is COCCn1cncc1CN1CCC(c2ccn(C)c(=O)c2)CC1. The molecule has 130 valence electrons. The molecule has 3 heterocycles. The van der Waals surface area contributed by atoms with Crippen molar-refractivity contribution in [3.05, 3.63) is 52.5 Å². The Bertz CT molecular complexity index is 714. The van der Waals surface area contributed by atoms with E-state index in [-0.39, 0.29) is 5.56 Å². The number of aromatic nitrogens is 3. The van der Waals surface area contributed by atoms with E-state index >= 15 is 0 Å². The van der Waals surface area contributed by atoms with Crippen LogP contribution in [0.2, 0.25) is 0 Å². The van der Waals surface area contributed by atoms with E-state index in [0.717, 1.165) is 39.0 Å². The zero-order chi connectivity index (χ0) is 16.9. The van der Waals surface area contributed by atoms with E-state index in [0.29, 0.717) is 12.5 Å². The number of hydrogen-bond acceptors (Lipinski definition) is 4. The van der Waals surface area contributed by atoms with Gasteiger partial charge in [-0.05, 0) is 43.5 Å². The molecule has 0 aliphatic carbocycles. The predicted octanol–water partition coefficient (Wildman–Crippen LogP) is 1.61. The smallest absolute Gasteiger partial charge is 0.250 e. The van der Waals surface area contributed by atoms with Gasteiger partial charge < -0.3 is 13.9 Å². The number of ether oxygens (including phenoxy) is 1. The first-order valence-electron chi connectivity index (χ1n) is 8.54. The van der Waals surface area contributed by atoms with E-state index in [1.807, 2.05) is 18.7 Å². The molecule has 0 atom stereocenters. The minimum atomic E-state index is 0.0805. The number of aryl methyl sites for hydroxylation is 1. The second-order valence-corrected chi connectivity index (χ2v) is 6.53. The van der Waals surface area contributed by atoms with Gasteiger partial charge in [0.2, 0.25) is 0 Å². The Balaban J connectivity index is 1.56. The van der Waals surface area contributed by atoms with E-state index < -0.39 is 0 Å². The third-order valence-electron chi connectivity index (χ3n) is 4.91. The van der Waals surface area contributed by atoms with Crippen LogP contribution < -0.4 is 5.56 Å². The second kappa shape index (κ2) is 7.77. The van der Waals surface area contributed by atoms with Gasteiger partial charge in [-0.2, -0.15) is 0 Å². The summed E-state index contributed by atoms with van der Waals surface area (Å²) in [6.07, 6.45) is 7.89. The number of imidazole rings is 1. The molecule has 6 heteroatoms. The zero-order valence-electron chi connectivity index (χ0n) is 14.5. The average Bonchev–Trinajstić information content (AvgIpc) is 3.03. The molecule has 3 rings (SSSR count). The van der Waals surface area contributed by atoms with E-state index in [9.17, 15) is 4.79 Å². The number of pyridine rings is 1. The summed E-state index contributed by atoms with van der Waals surface area (Å²) >= 11 is 0. The Morgan fingerprint density at radius 3 is 2.83 bits per heavy atom. The van der Waals surface area contributed by atoms with Crippen molar-refractivity contribution in [2.24, 2.45) is 7.05 Å². The maximum Gasteiger partial charge on any atom is 0.250 e. The molecular formula is C18H26N4O2. The molecule has 0 aromatic carbocycles. The maximum absolute atomic E-state index is 11.8. The molecule has 1 fully saturated rings. The van der Waals surface area contributed by atoms with Crippen LogP contribution in [0.4, 0.5) is 0 Å². The number of nitrogens with zero attached hydrogens (tertiary/aromatic N) is 4. The molecule has 0 bridgehead atoms. The minimum Gasteiger partial charge on any atom is -0.383 e. The topological polar surface area (TPSA) is 52.3 Å². The third kappa shape index (κ3) is 3.94. The molecule has 1 saturated heterocycles. The molecule has 24 heavy (non-hydrogen) atoms. The van der Waals surface area contributed by atoms with Crippen molar-refractivity contribution in [1.29, 1.82) is 0 Å². The Morgan fingerprint density at radius 1 is 1.33 bits per heavy atom. The average molecular weight is 330 g/mol. The fourth-order valence-electron chi connectivity index (χ4n) is 3.34. The molecular weight excluding hydrogens is 304 g/mol. The molecule has 2 aromatic heterocycles. The lowest BCUT2D eigenvalue weighted by Crippen LogP contribution is -2.33. The Kier molecular flexibility index (Phi) is 5.48. The van der Waals surface area contributed by atoms with Gasteiger partial charge in [-0.1, -0.05) is 0 Å². The first-order valence-corrected chi connectivity index (χ1v) is 8.54. The van der Waals surface area contributed by atoms with E-state index in [1.165, 1.54) is 11.3 Å². The molecule has 0 saturated carbocycles. The van der Waals surface area contributed by atoms with Gasteiger partial charge in [0.25, 0.3) is 5.56 Å². The molecule has 1 aliphatic heterocycles. The summed E-state index contributed by atoms with van der Waals surface area (Å²) in [5.41, 5.74) is 2.50. The van der Waals surface area contributed by atoms with Crippen molar-refractivity contribution in [3.63, 3.8) is 0 Å². The second-order valence-electron chi connectivity index (χ2n) is 6.53. The van der Waals surface area contributed by atoms with Crippen molar-refractivity contribution in [1.82, 2.24) is 19.0 Å². The molecule has 2 aromatic rings. The Morgan fingerprint density at radius 2 is 2.12 bits per heavy atom. The fourth-order valence-corrected chi connectivity index (χ4v) is 3.34. The first-order chi connectivity index (χ1) is 11.7. The number of piperidine rings is 1. The van der Waals surface area contributed by atoms with Crippen LogP contribution in [0.5, 0.6) is 0 Å². The lowest BCUT2D eigenvalue weighted by molar-refractivity contribution is 0.179. The van der Waals surface area contributed by atoms with E-state index in [4.69, 9.17) is 4.74 Å². The number of rotatable bonds is 6. The van der Waals surface area contributed by atoms with Gasteiger partial charge in [0.05, 0.1) is 18.6 Å². The molecule has 0 amide bonds. The largest absolute Gasteiger partial charge is 0.383 e. The Labute approximate surface area is 142 Å². The lowest BCUT2D eigenvalue weighted by Gasteiger charge is -2.32. The molecule has 0 radical (unpaired) electrons. The highest BCUT2D eigenvalue weighted by Gasteiger charge is 2.21. The van der Waals surface area contributed by atoms with Crippen LogP contribution in [0, 0.1) is 0 Å². The molecule has 0 N–H and O–H groups in total. The van der Waals surface area contributed by atoms with Crippen LogP contribution in [0.3, 0.4) is 0 Å². The van der Waals surface area contributed by atoms with Gasteiger partial charge in [0.15, 0.2) is 0 Å². The van der Waals surface area contributed by atoms with E-state index in [2.05, 4.69) is 20.5 Å². The normalized spacial score (nSPS) is 16.6. The van der Waals surface area contributed by atoms with Gasteiger partial charge in [0, 0.05) is 45.7 Å². The van der Waals surface area contributed by atoms with Gasteiger partial charge in [0.1, 0.15) is 0 Å². The quantitative estimate of drug-likeness (QED) is 0.807. The van der Waals surface area contributed by atoms with Crippen molar-refractivity contribution in [3.8, 4) is 0 Å². The fraction of sp³-hybridized carbons (Fsp3) is 0.556. The highest BCUT2D eigenvalue weighted by atomic mass is 16.5. The van der Waals surface area contributed by atoms with Gasteiger partial charge in [-0.3, -0.25) is 9.69 Å². The molecule has 0 unspecified atom stereocenters. The monoisotopic (exact) mass is 330 g/mol. The van der Waals surface area contributed by atoms with Crippen LogP contribution in [-0.2, 0) is 24.9 Å². The van der Waals surface area contributed by atoms with Crippen LogP contribution >= 0.6 is 0 Å². The number of hydrogen-bond donors (Lipinski definition) is 0. The van der Waals surface area contributed by atoms with Crippen molar-refractivity contribution in [2.45, 2.75) is 31.8 Å². The summed E-state index contributed by atoms with van der Waals surface area (Å²) in [6.45, 7) is 4.57. The standard InChI is InChI=1S/C18H26N4O2/c1-20-6-3-16(11-18(20)23)15-4-7-21(8-5-15)13-17-12-19-14-22(17)9-10-24-2/h3,6,11-12,14-15H,4-5,7-10,13H2,1-2H3.